The van der Waals surface area contributed by atoms with Gasteiger partial charge < -0.3 is 4.74 Å². The third kappa shape index (κ3) is 2.11. The molecule has 2 amide bonds. The van der Waals surface area contributed by atoms with Crippen molar-refractivity contribution in [2.24, 2.45) is 0 Å². The maximum atomic E-state index is 11.6. The van der Waals surface area contributed by atoms with Crippen molar-refractivity contribution in [3.8, 4) is 0 Å². The SMILES string of the molecule is COC(=O)C(C)(Br)[C@@H]1CCC(=O)N1C(C)=O. The van der Waals surface area contributed by atoms with Crippen molar-refractivity contribution >= 4 is 33.7 Å². The number of alkyl halides is 1. The van der Waals surface area contributed by atoms with Gasteiger partial charge in [-0.2, -0.15) is 0 Å². The molecular formula is C10H14BrNO4. The van der Waals surface area contributed by atoms with Gasteiger partial charge in [-0.1, -0.05) is 15.9 Å². The highest BCUT2D eigenvalue weighted by Crippen LogP contribution is 2.35. The molecule has 1 unspecified atom stereocenters. The van der Waals surface area contributed by atoms with Gasteiger partial charge in [0.15, 0.2) is 0 Å². The van der Waals surface area contributed by atoms with Crippen LogP contribution in [0.25, 0.3) is 0 Å². The second-order valence-corrected chi connectivity index (χ2v) is 5.55. The standard InChI is InChI=1S/C10H14BrNO4/c1-6(13)12-7(4-5-8(12)14)10(2,11)9(15)16-3/h7H,4-5H2,1-3H3/t7-,10?/m0/s1. The summed E-state index contributed by atoms with van der Waals surface area (Å²) in [5.74, 6) is -1.08. The molecule has 1 saturated heterocycles. The van der Waals surface area contributed by atoms with Gasteiger partial charge in [0.2, 0.25) is 11.8 Å². The summed E-state index contributed by atoms with van der Waals surface area (Å²) in [5, 5.41) is 0. The summed E-state index contributed by atoms with van der Waals surface area (Å²) in [6, 6.07) is -0.482. The summed E-state index contributed by atoms with van der Waals surface area (Å²) >= 11 is 3.25. The third-order valence-electron chi connectivity index (χ3n) is 2.76. The first-order valence-electron chi connectivity index (χ1n) is 4.92. The molecule has 0 bridgehead atoms. The normalized spacial score (nSPS) is 24.1. The fraction of sp³-hybridized carbons (Fsp3) is 0.700. The van der Waals surface area contributed by atoms with Crippen LogP contribution in [-0.2, 0) is 19.1 Å². The van der Waals surface area contributed by atoms with Gasteiger partial charge >= 0.3 is 5.97 Å². The Hall–Kier alpha value is -0.910. The highest BCUT2D eigenvalue weighted by Gasteiger charge is 2.49. The number of imide groups is 1. The Balaban J connectivity index is 2.99. The van der Waals surface area contributed by atoms with Gasteiger partial charge in [-0.3, -0.25) is 19.3 Å². The molecule has 16 heavy (non-hydrogen) atoms. The summed E-state index contributed by atoms with van der Waals surface area (Å²) < 4.78 is 3.61. The predicted molar refractivity (Wildman–Crippen MR) is 59.9 cm³/mol. The zero-order valence-electron chi connectivity index (χ0n) is 9.45. The molecular weight excluding hydrogens is 278 g/mol. The number of likely N-dealkylation sites (tertiary alicyclic amines) is 1. The van der Waals surface area contributed by atoms with Crippen LogP contribution in [0.3, 0.4) is 0 Å². The minimum absolute atomic E-state index is 0.243. The zero-order chi connectivity index (χ0) is 12.5. The maximum Gasteiger partial charge on any atom is 0.324 e. The number of esters is 1. The van der Waals surface area contributed by atoms with E-state index >= 15 is 0 Å². The molecule has 0 aromatic carbocycles. The molecule has 0 aromatic rings. The lowest BCUT2D eigenvalue weighted by molar-refractivity contribution is -0.148. The fourth-order valence-corrected chi connectivity index (χ4v) is 2.52. The van der Waals surface area contributed by atoms with E-state index in [9.17, 15) is 14.4 Å². The van der Waals surface area contributed by atoms with Crippen molar-refractivity contribution in [1.82, 2.24) is 4.90 Å². The molecule has 1 rings (SSSR count). The van der Waals surface area contributed by atoms with Crippen LogP contribution in [0, 0.1) is 0 Å². The summed E-state index contributed by atoms with van der Waals surface area (Å²) in [6.45, 7) is 2.93. The molecule has 2 atom stereocenters. The molecule has 1 aliphatic heterocycles. The van der Waals surface area contributed by atoms with Crippen molar-refractivity contribution < 1.29 is 19.1 Å². The van der Waals surface area contributed by atoms with E-state index in [-0.39, 0.29) is 18.2 Å². The molecule has 0 radical (unpaired) electrons. The highest BCUT2D eigenvalue weighted by atomic mass is 79.9. The van der Waals surface area contributed by atoms with Gasteiger partial charge in [-0.15, -0.1) is 0 Å². The van der Waals surface area contributed by atoms with Gasteiger partial charge in [0.05, 0.1) is 13.2 Å². The van der Waals surface area contributed by atoms with Crippen LogP contribution in [0.1, 0.15) is 26.7 Å². The number of amides is 2. The molecule has 0 aliphatic carbocycles. The van der Waals surface area contributed by atoms with Crippen molar-refractivity contribution in [1.29, 1.82) is 0 Å². The van der Waals surface area contributed by atoms with Crippen molar-refractivity contribution in [2.75, 3.05) is 7.11 Å². The molecule has 0 spiro atoms. The number of methoxy groups -OCH3 is 1. The minimum Gasteiger partial charge on any atom is -0.468 e. The van der Waals surface area contributed by atoms with Gasteiger partial charge in [0.1, 0.15) is 4.32 Å². The maximum absolute atomic E-state index is 11.6. The van der Waals surface area contributed by atoms with Crippen LogP contribution in [0.4, 0.5) is 0 Å². The second kappa shape index (κ2) is 4.53. The first-order valence-corrected chi connectivity index (χ1v) is 5.71. The van der Waals surface area contributed by atoms with E-state index in [2.05, 4.69) is 20.7 Å². The number of carbonyl (C=O) groups is 3. The molecule has 1 aliphatic rings. The predicted octanol–water partition coefficient (Wildman–Crippen LogP) is 0.850. The van der Waals surface area contributed by atoms with Crippen LogP contribution in [-0.4, -0.2) is 40.2 Å². The van der Waals surface area contributed by atoms with E-state index < -0.39 is 16.3 Å². The molecule has 90 valence electrons. The number of hydrogen-bond donors (Lipinski definition) is 0. The van der Waals surface area contributed by atoms with Gasteiger partial charge in [0.25, 0.3) is 0 Å². The quantitative estimate of drug-likeness (QED) is 0.559. The lowest BCUT2D eigenvalue weighted by Crippen LogP contribution is -2.51. The van der Waals surface area contributed by atoms with Crippen LogP contribution in [0.5, 0.6) is 0 Å². The average molecular weight is 292 g/mol. The summed E-state index contributed by atoms with van der Waals surface area (Å²) in [4.78, 5) is 35.6. The Kier molecular flexibility index (Phi) is 3.72. The van der Waals surface area contributed by atoms with E-state index in [1.807, 2.05) is 0 Å². The third-order valence-corrected chi connectivity index (χ3v) is 3.61. The van der Waals surface area contributed by atoms with E-state index in [4.69, 9.17) is 0 Å². The van der Waals surface area contributed by atoms with E-state index in [0.29, 0.717) is 6.42 Å². The first-order chi connectivity index (χ1) is 7.32. The second-order valence-electron chi connectivity index (χ2n) is 3.90. The number of rotatable bonds is 2. The Labute approximate surface area is 102 Å². The Bertz CT molecular complexity index is 340. The van der Waals surface area contributed by atoms with E-state index in [1.165, 1.54) is 14.0 Å². The van der Waals surface area contributed by atoms with Crippen LogP contribution in [0.15, 0.2) is 0 Å². The van der Waals surface area contributed by atoms with Crippen LogP contribution >= 0.6 is 15.9 Å². The van der Waals surface area contributed by atoms with Gasteiger partial charge in [-0.25, -0.2) is 0 Å². The number of halogens is 1. The average Bonchev–Trinajstić information content (AvgIpc) is 2.59. The number of nitrogens with zero attached hydrogens (tertiary/aromatic N) is 1. The molecule has 0 N–H and O–H groups in total. The molecule has 1 fully saturated rings. The first kappa shape index (κ1) is 13.2. The summed E-state index contributed by atoms with van der Waals surface area (Å²) in [7, 11) is 1.27. The van der Waals surface area contributed by atoms with Crippen LogP contribution < -0.4 is 0 Å². The molecule has 5 nitrogen and oxygen atoms in total. The lowest BCUT2D eigenvalue weighted by Gasteiger charge is -2.32. The fourth-order valence-electron chi connectivity index (χ4n) is 1.93. The Morgan fingerprint density at radius 3 is 2.56 bits per heavy atom. The van der Waals surface area contributed by atoms with E-state index in [0.717, 1.165) is 4.90 Å². The van der Waals surface area contributed by atoms with Crippen molar-refractivity contribution in [3.05, 3.63) is 0 Å². The van der Waals surface area contributed by atoms with Gasteiger partial charge in [-0.05, 0) is 13.3 Å². The van der Waals surface area contributed by atoms with Crippen molar-refractivity contribution in [2.45, 2.75) is 37.1 Å². The Morgan fingerprint density at radius 1 is 1.56 bits per heavy atom. The van der Waals surface area contributed by atoms with Crippen LogP contribution in [0.2, 0.25) is 0 Å². The largest absolute Gasteiger partial charge is 0.468 e. The molecule has 6 heteroatoms. The number of hydrogen-bond acceptors (Lipinski definition) is 4. The Morgan fingerprint density at radius 2 is 2.12 bits per heavy atom. The zero-order valence-corrected chi connectivity index (χ0v) is 11.0. The molecule has 0 saturated carbocycles. The van der Waals surface area contributed by atoms with Crippen molar-refractivity contribution in [3.63, 3.8) is 0 Å². The highest BCUT2D eigenvalue weighted by molar-refractivity contribution is 9.10. The lowest BCUT2D eigenvalue weighted by atomic mass is 9.99. The summed E-state index contributed by atoms with van der Waals surface area (Å²) in [6.07, 6.45) is 0.748. The minimum atomic E-state index is -1.04. The smallest absolute Gasteiger partial charge is 0.324 e. The van der Waals surface area contributed by atoms with Gasteiger partial charge in [0, 0.05) is 13.3 Å². The number of ether oxygens (including phenoxy) is 1. The topological polar surface area (TPSA) is 63.7 Å². The molecule has 1 heterocycles. The summed E-state index contributed by atoms with van der Waals surface area (Å²) in [5.41, 5.74) is 0. The molecule has 0 aromatic heterocycles. The number of carbonyl (C=O) groups excluding carboxylic acids is 3. The van der Waals surface area contributed by atoms with E-state index in [1.54, 1.807) is 6.92 Å². The monoisotopic (exact) mass is 291 g/mol.